The van der Waals surface area contributed by atoms with Crippen molar-refractivity contribution in [3.05, 3.63) is 18.2 Å². The summed E-state index contributed by atoms with van der Waals surface area (Å²) >= 11 is 0. The van der Waals surface area contributed by atoms with Crippen molar-refractivity contribution in [1.29, 1.82) is 0 Å². The zero-order chi connectivity index (χ0) is 11.1. The van der Waals surface area contributed by atoms with Gasteiger partial charge in [0.05, 0.1) is 0 Å². The predicted molar refractivity (Wildman–Crippen MR) is 59.4 cm³/mol. The van der Waals surface area contributed by atoms with Crippen molar-refractivity contribution in [3.63, 3.8) is 0 Å². The number of carbonyl (C=O) groups is 1. The van der Waals surface area contributed by atoms with Gasteiger partial charge in [0, 0.05) is 31.3 Å². The summed E-state index contributed by atoms with van der Waals surface area (Å²) in [5.41, 5.74) is 0. The number of nitrogens with one attached hydrogen (secondary N) is 2. The van der Waals surface area contributed by atoms with E-state index in [1.165, 1.54) is 0 Å². The summed E-state index contributed by atoms with van der Waals surface area (Å²) in [5.74, 6) is 1.25. The van der Waals surface area contributed by atoms with Crippen molar-refractivity contribution in [2.24, 2.45) is 5.92 Å². The molecule has 0 aromatic carbocycles. The van der Waals surface area contributed by atoms with Crippen LogP contribution in [0.3, 0.4) is 0 Å². The minimum absolute atomic E-state index is 0.119. The number of H-pyrrole nitrogens is 1. The summed E-state index contributed by atoms with van der Waals surface area (Å²) in [6, 6.07) is 0. The second kappa shape index (κ2) is 6.22. The molecule has 84 valence electrons. The first-order valence-corrected chi connectivity index (χ1v) is 5.50. The second-order valence-electron chi connectivity index (χ2n) is 3.74. The highest BCUT2D eigenvalue weighted by atomic mass is 16.1. The van der Waals surface area contributed by atoms with E-state index >= 15 is 0 Å². The van der Waals surface area contributed by atoms with Gasteiger partial charge in [-0.15, -0.1) is 0 Å². The second-order valence-corrected chi connectivity index (χ2v) is 3.74. The Labute approximate surface area is 90.5 Å². The van der Waals surface area contributed by atoms with Crippen LogP contribution in [0.1, 0.15) is 32.5 Å². The van der Waals surface area contributed by atoms with E-state index in [0.717, 1.165) is 31.6 Å². The molecule has 1 aromatic heterocycles. The summed E-state index contributed by atoms with van der Waals surface area (Å²) in [7, 11) is 0. The number of hydrogen-bond acceptors (Lipinski definition) is 2. The van der Waals surface area contributed by atoms with Gasteiger partial charge in [-0.3, -0.25) is 4.79 Å². The third-order valence-corrected chi connectivity index (χ3v) is 2.50. The van der Waals surface area contributed by atoms with Crippen molar-refractivity contribution >= 4 is 5.91 Å². The van der Waals surface area contributed by atoms with Crippen LogP contribution in [0.25, 0.3) is 0 Å². The van der Waals surface area contributed by atoms with E-state index in [9.17, 15) is 4.79 Å². The van der Waals surface area contributed by atoms with E-state index in [0.29, 0.717) is 0 Å². The standard InChI is InChI=1S/C11H19N3O/c1-3-9(2)11(15)14-6-4-5-10-12-7-8-13-10/h7-9H,3-6H2,1-2H3,(H,12,13)(H,14,15). The lowest BCUT2D eigenvalue weighted by Gasteiger charge is -2.09. The molecular weight excluding hydrogens is 190 g/mol. The highest BCUT2D eigenvalue weighted by Gasteiger charge is 2.08. The number of aryl methyl sites for hydroxylation is 1. The Morgan fingerprint density at radius 2 is 2.47 bits per heavy atom. The number of aromatic nitrogens is 2. The highest BCUT2D eigenvalue weighted by Crippen LogP contribution is 2.00. The van der Waals surface area contributed by atoms with Gasteiger partial charge in [0.15, 0.2) is 0 Å². The first kappa shape index (κ1) is 11.8. The van der Waals surface area contributed by atoms with Gasteiger partial charge in [-0.25, -0.2) is 4.98 Å². The third-order valence-electron chi connectivity index (χ3n) is 2.50. The molecule has 0 spiro atoms. The van der Waals surface area contributed by atoms with Gasteiger partial charge in [0.25, 0.3) is 0 Å². The van der Waals surface area contributed by atoms with Gasteiger partial charge < -0.3 is 10.3 Å². The average molecular weight is 209 g/mol. The van der Waals surface area contributed by atoms with Crippen LogP contribution in [0.2, 0.25) is 0 Å². The fourth-order valence-corrected chi connectivity index (χ4v) is 1.26. The van der Waals surface area contributed by atoms with Gasteiger partial charge in [0.1, 0.15) is 5.82 Å². The SMILES string of the molecule is CCC(C)C(=O)NCCCc1ncc[nH]1. The molecule has 0 aliphatic rings. The van der Waals surface area contributed by atoms with Crippen LogP contribution >= 0.6 is 0 Å². The molecule has 0 saturated carbocycles. The van der Waals surface area contributed by atoms with Crippen LogP contribution in [-0.4, -0.2) is 22.4 Å². The summed E-state index contributed by atoms with van der Waals surface area (Å²) in [6.07, 6.45) is 6.26. The molecule has 1 heterocycles. The van der Waals surface area contributed by atoms with Gasteiger partial charge in [-0.2, -0.15) is 0 Å². The van der Waals surface area contributed by atoms with Crippen LogP contribution in [0, 0.1) is 5.92 Å². The predicted octanol–water partition coefficient (Wildman–Crippen LogP) is 1.50. The molecule has 4 nitrogen and oxygen atoms in total. The van der Waals surface area contributed by atoms with E-state index < -0.39 is 0 Å². The number of aromatic amines is 1. The number of hydrogen-bond donors (Lipinski definition) is 2. The minimum atomic E-state index is 0.119. The normalized spacial score (nSPS) is 12.4. The smallest absolute Gasteiger partial charge is 0.222 e. The Kier molecular flexibility index (Phi) is 4.87. The number of carbonyl (C=O) groups excluding carboxylic acids is 1. The first-order chi connectivity index (χ1) is 7.24. The molecule has 0 fully saturated rings. The maximum Gasteiger partial charge on any atom is 0.222 e. The third kappa shape index (κ3) is 4.14. The van der Waals surface area contributed by atoms with Gasteiger partial charge >= 0.3 is 0 Å². The summed E-state index contributed by atoms with van der Waals surface area (Å²) in [4.78, 5) is 18.6. The maximum atomic E-state index is 11.4. The summed E-state index contributed by atoms with van der Waals surface area (Å²) in [5, 5.41) is 2.92. The number of imidazole rings is 1. The molecule has 0 aliphatic heterocycles. The van der Waals surface area contributed by atoms with Crippen LogP contribution in [0.15, 0.2) is 12.4 Å². The van der Waals surface area contributed by atoms with E-state index in [1.54, 1.807) is 6.20 Å². The molecule has 2 N–H and O–H groups in total. The molecule has 0 saturated heterocycles. The highest BCUT2D eigenvalue weighted by molar-refractivity contribution is 5.78. The van der Waals surface area contributed by atoms with E-state index in [4.69, 9.17) is 0 Å². The van der Waals surface area contributed by atoms with E-state index in [-0.39, 0.29) is 11.8 Å². The topological polar surface area (TPSA) is 57.8 Å². The molecule has 1 rings (SSSR count). The van der Waals surface area contributed by atoms with Crippen LogP contribution in [-0.2, 0) is 11.2 Å². The van der Waals surface area contributed by atoms with E-state index in [2.05, 4.69) is 15.3 Å². The van der Waals surface area contributed by atoms with Gasteiger partial charge in [-0.05, 0) is 12.8 Å². The Morgan fingerprint density at radius 3 is 3.07 bits per heavy atom. The minimum Gasteiger partial charge on any atom is -0.356 e. The summed E-state index contributed by atoms with van der Waals surface area (Å²) in [6.45, 7) is 4.69. The van der Waals surface area contributed by atoms with Gasteiger partial charge in [-0.1, -0.05) is 13.8 Å². The molecule has 1 amide bonds. The van der Waals surface area contributed by atoms with Crippen molar-refractivity contribution in [2.45, 2.75) is 33.1 Å². The number of rotatable bonds is 6. The summed E-state index contributed by atoms with van der Waals surface area (Å²) < 4.78 is 0. The van der Waals surface area contributed by atoms with Crippen LogP contribution in [0.4, 0.5) is 0 Å². The van der Waals surface area contributed by atoms with Crippen molar-refractivity contribution in [3.8, 4) is 0 Å². The fraction of sp³-hybridized carbons (Fsp3) is 0.636. The van der Waals surface area contributed by atoms with Crippen LogP contribution in [0.5, 0.6) is 0 Å². The van der Waals surface area contributed by atoms with Gasteiger partial charge in [0.2, 0.25) is 5.91 Å². The molecule has 0 bridgehead atoms. The van der Waals surface area contributed by atoms with E-state index in [1.807, 2.05) is 20.0 Å². The largest absolute Gasteiger partial charge is 0.356 e. The number of nitrogens with zero attached hydrogens (tertiary/aromatic N) is 1. The lowest BCUT2D eigenvalue weighted by Crippen LogP contribution is -2.29. The lowest BCUT2D eigenvalue weighted by atomic mass is 10.1. The Balaban J connectivity index is 2.09. The lowest BCUT2D eigenvalue weighted by molar-refractivity contribution is -0.124. The molecule has 4 heteroatoms. The zero-order valence-corrected chi connectivity index (χ0v) is 9.42. The quantitative estimate of drug-likeness (QED) is 0.698. The monoisotopic (exact) mass is 209 g/mol. The molecule has 1 atom stereocenters. The Bertz CT molecular complexity index is 282. The van der Waals surface area contributed by atoms with Crippen LogP contribution < -0.4 is 5.32 Å². The Hall–Kier alpha value is -1.32. The Morgan fingerprint density at radius 1 is 1.67 bits per heavy atom. The molecule has 0 aliphatic carbocycles. The maximum absolute atomic E-state index is 11.4. The van der Waals surface area contributed by atoms with Crippen molar-refractivity contribution < 1.29 is 4.79 Å². The average Bonchev–Trinajstić information content (AvgIpc) is 2.75. The van der Waals surface area contributed by atoms with Crippen molar-refractivity contribution in [2.75, 3.05) is 6.54 Å². The molecule has 15 heavy (non-hydrogen) atoms. The molecule has 0 radical (unpaired) electrons. The first-order valence-electron chi connectivity index (χ1n) is 5.50. The zero-order valence-electron chi connectivity index (χ0n) is 9.42. The molecule has 1 unspecified atom stereocenters. The molecular formula is C11H19N3O. The van der Waals surface area contributed by atoms with Crippen molar-refractivity contribution in [1.82, 2.24) is 15.3 Å². The number of amides is 1. The molecule has 1 aromatic rings. The fourth-order valence-electron chi connectivity index (χ4n) is 1.26.